The number of piperidine rings is 1. The van der Waals surface area contributed by atoms with Crippen LogP contribution >= 0.6 is 0 Å². The number of fused-ring (bicyclic) bond motifs is 1. The summed E-state index contributed by atoms with van der Waals surface area (Å²) in [5.41, 5.74) is 2.91. The molecule has 1 aliphatic rings. The molecular weight excluding hydrogens is 356 g/mol. The van der Waals surface area contributed by atoms with E-state index < -0.39 is 0 Å². The van der Waals surface area contributed by atoms with Gasteiger partial charge in [-0.1, -0.05) is 12.1 Å². The second-order valence-corrected chi connectivity index (χ2v) is 7.10. The first kappa shape index (κ1) is 18.0. The fourth-order valence-electron chi connectivity index (χ4n) is 3.85. The topological polar surface area (TPSA) is 87.2 Å². The van der Waals surface area contributed by atoms with Crippen molar-refractivity contribution in [2.45, 2.75) is 25.8 Å². The third-order valence-corrected chi connectivity index (χ3v) is 5.19. The first-order valence-corrected chi connectivity index (χ1v) is 9.39. The van der Waals surface area contributed by atoms with Crippen molar-refractivity contribution in [3.63, 3.8) is 0 Å². The van der Waals surface area contributed by atoms with Gasteiger partial charge in [0.2, 0.25) is 5.91 Å². The highest BCUT2D eigenvalue weighted by Gasteiger charge is 2.26. The van der Waals surface area contributed by atoms with Crippen LogP contribution in [-0.2, 0) is 4.79 Å². The maximum absolute atomic E-state index is 12.8. The predicted molar refractivity (Wildman–Crippen MR) is 107 cm³/mol. The number of carbonyl (C=O) groups is 2. The van der Waals surface area contributed by atoms with Crippen LogP contribution in [0, 0.1) is 0 Å². The van der Waals surface area contributed by atoms with Crippen molar-refractivity contribution in [2.24, 2.45) is 0 Å². The number of nitrogens with zero attached hydrogens (tertiary/aromatic N) is 2. The van der Waals surface area contributed by atoms with E-state index in [-0.39, 0.29) is 23.5 Å². The van der Waals surface area contributed by atoms with Gasteiger partial charge in [0.05, 0.1) is 11.0 Å². The molecule has 0 spiro atoms. The maximum atomic E-state index is 12.8. The molecule has 0 bridgehead atoms. The van der Waals surface area contributed by atoms with Crippen LogP contribution in [0.4, 0.5) is 5.69 Å². The first-order chi connectivity index (χ1) is 13.5. The van der Waals surface area contributed by atoms with Crippen LogP contribution in [0.3, 0.4) is 0 Å². The third kappa shape index (κ3) is 3.43. The quantitative estimate of drug-likeness (QED) is 0.735. The van der Waals surface area contributed by atoms with E-state index in [0.29, 0.717) is 24.3 Å². The molecule has 3 aromatic rings. The summed E-state index contributed by atoms with van der Waals surface area (Å²) >= 11 is 0. The van der Waals surface area contributed by atoms with E-state index >= 15 is 0 Å². The molecule has 1 aliphatic heterocycles. The Morgan fingerprint density at radius 3 is 2.39 bits per heavy atom. The average molecular weight is 378 g/mol. The van der Waals surface area contributed by atoms with Crippen LogP contribution in [0.2, 0.25) is 0 Å². The van der Waals surface area contributed by atoms with Gasteiger partial charge in [0.1, 0.15) is 0 Å². The molecule has 144 valence electrons. The highest BCUT2D eigenvalue weighted by atomic mass is 16.2. The van der Waals surface area contributed by atoms with Crippen molar-refractivity contribution in [1.82, 2.24) is 14.5 Å². The molecule has 1 saturated heterocycles. The number of nitrogens with one attached hydrogen (secondary N) is 2. The zero-order chi connectivity index (χ0) is 19.7. The Bertz CT molecular complexity index is 1070. The van der Waals surface area contributed by atoms with Gasteiger partial charge in [-0.25, -0.2) is 4.79 Å². The molecule has 7 heteroatoms. The largest absolute Gasteiger partial charge is 0.338 e. The maximum Gasteiger partial charge on any atom is 0.326 e. The monoisotopic (exact) mass is 378 g/mol. The number of aromatic nitrogens is 2. The highest BCUT2D eigenvalue weighted by Crippen LogP contribution is 2.25. The minimum atomic E-state index is -0.145. The van der Waals surface area contributed by atoms with Gasteiger partial charge in [0.15, 0.2) is 0 Å². The molecular formula is C21H22N4O3. The number of benzene rings is 2. The number of imidazole rings is 1. The lowest BCUT2D eigenvalue weighted by Crippen LogP contribution is -2.40. The normalized spacial score (nSPS) is 15.0. The van der Waals surface area contributed by atoms with Crippen molar-refractivity contribution in [3.05, 3.63) is 64.6 Å². The zero-order valence-electron chi connectivity index (χ0n) is 15.6. The summed E-state index contributed by atoms with van der Waals surface area (Å²) < 4.78 is 1.82. The molecule has 7 nitrogen and oxygen atoms in total. The van der Waals surface area contributed by atoms with Crippen LogP contribution in [0.25, 0.3) is 11.0 Å². The Labute approximate surface area is 162 Å². The number of aromatic amines is 1. The van der Waals surface area contributed by atoms with Crippen molar-refractivity contribution >= 4 is 28.5 Å². The smallest absolute Gasteiger partial charge is 0.326 e. The van der Waals surface area contributed by atoms with E-state index in [1.807, 2.05) is 33.7 Å². The fourth-order valence-corrected chi connectivity index (χ4v) is 3.85. The minimum absolute atomic E-state index is 0.0286. The molecule has 2 amide bonds. The lowest BCUT2D eigenvalue weighted by atomic mass is 10.0. The van der Waals surface area contributed by atoms with E-state index in [2.05, 4.69) is 10.3 Å². The first-order valence-electron chi connectivity index (χ1n) is 9.39. The number of amides is 2. The molecule has 0 saturated carbocycles. The summed E-state index contributed by atoms with van der Waals surface area (Å²) in [4.78, 5) is 41.0. The van der Waals surface area contributed by atoms with E-state index in [4.69, 9.17) is 0 Å². The molecule has 0 atom stereocenters. The van der Waals surface area contributed by atoms with Gasteiger partial charge in [-0.05, 0) is 49.2 Å². The molecule has 0 unspecified atom stereocenters. The van der Waals surface area contributed by atoms with Gasteiger partial charge in [0.25, 0.3) is 5.91 Å². The number of hydrogen-bond acceptors (Lipinski definition) is 3. The SMILES string of the molecule is CC(=O)Nc1ccc(C(=O)N2CCC(n3c(=O)[nH]c4ccccc43)CC2)cc1. The van der Waals surface area contributed by atoms with E-state index in [9.17, 15) is 14.4 Å². The number of anilines is 1. The summed E-state index contributed by atoms with van der Waals surface area (Å²) in [6.07, 6.45) is 1.47. The molecule has 2 heterocycles. The second-order valence-electron chi connectivity index (χ2n) is 7.10. The second kappa shape index (κ2) is 7.34. The molecule has 4 rings (SSSR count). The Kier molecular flexibility index (Phi) is 4.73. The standard InChI is InChI=1S/C21H22N4O3/c1-14(26)22-16-8-6-15(7-9-16)20(27)24-12-10-17(11-13-24)25-19-5-3-2-4-18(19)23-21(25)28/h2-9,17H,10-13H2,1H3,(H,22,26)(H,23,28). The number of likely N-dealkylation sites (tertiary alicyclic amines) is 1. The van der Waals surface area contributed by atoms with Crippen LogP contribution in [-0.4, -0.2) is 39.4 Å². The van der Waals surface area contributed by atoms with E-state index in [1.54, 1.807) is 24.3 Å². The lowest BCUT2D eigenvalue weighted by molar-refractivity contribution is -0.114. The third-order valence-electron chi connectivity index (χ3n) is 5.19. The number of hydrogen-bond donors (Lipinski definition) is 2. The van der Waals surface area contributed by atoms with Crippen molar-refractivity contribution in [1.29, 1.82) is 0 Å². The van der Waals surface area contributed by atoms with Crippen molar-refractivity contribution in [2.75, 3.05) is 18.4 Å². The van der Waals surface area contributed by atoms with Gasteiger partial charge in [-0.15, -0.1) is 0 Å². The number of para-hydroxylation sites is 2. The van der Waals surface area contributed by atoms with Gasteiger partial charge in [-0.3, -0.25) is 14.2 Å². The van der Waals surface area contributed by atoms with Gasteiger partial charge < -0.3 is 15.2 Å². The van der Waals surface area contributed by atoms with Crippen LogP contribution in [0.15, 0.2) is 53.3 Å². The molecule has 1 fully saturated rings. The average Bonchev–Trinajstić information content (AvgIpc) is 3.03. The number of carbonyl (C=O) groups excluding carboxylic acids is 2. The zero-order valence-corrected chi connectivity index (χ0v) is 15.6. The Hall–Kier alpha value is -3.35. The van der Waals surface area contributed by atoms with E-state index in [0.717, 1.165) is 23.9 Å². The molecule has 2 aromatic carbocycles. The molecule has 0 radical (unpaired) electrons. The Balaban J connectivity index is 1.45. The van der Waals surface area contributed by atoms with Crippen LogP contribution in [0.5, 0.6) is 0 Å². The Morgan fingerprint density at radius 1 is 1.04 bits per heavy atom. The van der Waals surface area contributed by atoms with Gasteiger partial charge in [0, 0.05) is 37.3 Å². The summed E-state index contributed by atoms with van der Waals surface area (Å²) in [7, 11) is 0. The minimum Gasteiger partial charge on any atom is -0.338 e. The molecule has 28 heavy (non-hydrogen) atoms. The summed E-state index contributed by atoms with van der Waals surface area (Å²) in [5.74, 6) is -0.173. The number of rotatable bonds is 3. The Morgan fingerprint density at radius 2 is 1.71 bits per heavy atom. The molecule has 0 aliphatic carbocycles. The van der Waals surface area contributed by atoms with Crippen molar-refractivity contribution < 1.29 is 9.59 Å². The van der Waals surface area contributed by atoms with Crippen LogP contribution in [0.1, 0.15) is 36.2 Å². The van der Waals surface area contributed by atoms with E-state index in [1.165, 1.54) is 6.92 Å². The summed E-state index contributed by atoms with van der Waals surface area (Å²) in [6, 6.07) is 14.7. The lowest BCUT2D eigenvalue weighted by Gasteiger charge is -2.32. The fraction of sp³-hybridized carbons (Fsp3) is 0.286. The molecule has 1 aromatic heterocycles. The van der Waals surface area contributed by atoms with Gasteiger partial charge in [-0.2, -0.15) is 0 Å². The highest BCUT2D eigenvalue weighted by molar-refractivity contribution is 5.95. The van der Waals surface area contributed by atoms with Crippen LogP contribution < -0.4 is 11.0 Å². The predicted octanol–water partition coefficient (Wildman–Crippen LogP) is 2.77. The summed E-state index contributed by atoms with van der Waals surface area (Å²) in [6.45, 7) is 2.65. The van der Waals surface area contributed by atoms with Gasteiger partial charge >= 0.3 is 5.69 Å². The molecule has 2 N–H and O–H groups in total. The number of H-pyrrole nitrogens is 1. The van der Waals surface area contributed by atoms with Crippen molar-refractivity contribution in [3.8, 4) is 0 Å². The summed E-state index contributed by atoms with van der Waals surface area (Å²) in [5, 5.41) is 2.69.